The maximum atomic E-state index is 13.0. The molecule has 0 unspecified atom stereocenters. The minimum Gasteiger partial charge on any atom is -0.343 e. The molecular weight excluding hydrogens is 393 g/mol. The minimum absolute atomic E-state index is 0.0162. The lowest BCUT2D eigenvalue weighted by atomic mass is 10.0. The van der Waals surface area contributed by atoms with Gasteiger partial charge in [0, 0.05) is 31.5 Å². The smallest absolute Gasteiger partial charge is 0.222 e. The topological polar surface area (TPSA) is 71.5 Å². The molecule has 0 radical (unpaired) electrons. The van der Waals surface area contributed by atoms with Crippen molar-refractivity contribution in [2.75, 3.05) is 13.1 Å². The van der Waals surface area contributed by atoms with Crippen molar-refractivity contribution in [2.24, 2.45) is 0 Å². The third-order valence-electron chi connectivity index (χ3n) is 5.27. The van der Waals surface area contributed by atoms with E-state index < -0.39 is 20.9 Å². The van der Waals surface area contributed by atoms with Crippen LogP contribution in [-0.2, 0) is 14.6 Å². The number of hydrogen-bond acceptors (Lipinski definition) is 4. The first kappa shape index (κ1) is 21.2. The summed E-state index contributed by atoms with van der Waals surface area (Å²) in [5.74, 6) is -0.513. The van der Waals surface area contributed by atoms with Crippen molar-refractivity contribution in [3.05, 3.63) is 66.0 Å². The molecule has 1 saturated heterocycles. The fourth-order valence-corrected chi connectivity index (χ4v) is 5.29. The van der Waals surface area contributed by atoms with E-state index in [1.807, 2.05) is 18.2 Å². The van der Waals surface area contributed by atoms with Crippen molar-refractivity contribution in [1.82, 2.24) is 4.90 Å². The highest BCUT2D eigenvalue weighted by Gasteiger charge is 2.32. The summed E-state index contributed by atoms with van der Waals surface area (Å²) in [6.45, 7) is 0.743. The van der Waals surface area contributed by atoms with Crippen LogP contribution in [0.15, 0.2) is 59.5 Å². The van der Waals surface area contributed by atoms with Crippen LogP contribution >= 0.6 is 0 Å². The Hall–Kier alpha value is -2.54. The molecule has 0 bridgehead atoms. The standard InChI is InChI=1S/C22H24FNO4S/c23-18-9-11-19(12-10-18)29(27,28)20-13-15-24(16-14-20)22(26)8-4-7-21(25)17-5-2-1-3-6-17/h1-3,5-6,9-12,20H,4,7-8,13-16H2. The molecule has 3 rings (SSSR count). The molecule has 1 aliphatic rings. The molecule has 1 amide bonds. The van der Waals surface area contributed by atoms with Crippen LogP contribution in [0.5, 0.6) is 0 Å². The van der Waals surface area contributed by atoms with Crippen LogP contribution in [-0.4, -0.2) is 43.3 Å². The molecule has 1 fully saturated rings. The van der Waals surface area contributed by atoms with Crippen molar-refractivity contribution < 1.29 is 22.4 Å². The summed E-state index contributed by atoms with van der Waals surface area (Å²) in [7, 11) is -3.54. The molecule has 0 aliphatic carbocycles. The van der Waals surface area contributed by atoms with Gasteiger partial charge in [-0.05, 0) is 43.5 Å². The Labute approximate surface area is 170 Å². The first-order valence-corrected chi connectivity index (χ1v) is 11.3. The number of halogens is 1. The van der Waals surface area contributed by atoms with Crippen LogP contribution in [0.1, 0.15) is 42.5 Å². The Morgan fingerprint density at radius 2 is 1.55 bits per heavy atom. The van der Waals surface area contributed by atoms with Crippen LogP contribution < -0.4 is 0 Å². The second-order valence-corrected chi connectivity index (χ2v) is 9.45. The number of rotatable bonds is 7. The molecule has 2 aromatic rings. The SMILES string of the molecule is O=C(CCCC(=O)N1CCC(S(=O)(=O)c2ccc(F)cc2)CC1)c1ccccc1. The highest BCUT2D eigenvalue weighted by atomic mass is 32.2. The van der Waals surface area contributed by atoms with Crippen molar-refractivity contribution in [2.45, 2.75) is 42.2 Å². The number of amides is 1. The van der Waals surface area contributed by atoms with E-state index >= 15 is 0 Å². The molecule has 5 nitrogen and oxygen atoms in total. The molecule has 1 heterocycles. The molecule has 0 spiro atoms. The van der Waals surface area contributed by atoms with Crippen LogP contribution in [0.25, 0.3) is 0 Å². The number of carbonyl (C=O) groups is 2. The quantitative estimate of drug-likeness (QED) is 0.509. The Kier molecular flexibility index (Phi) is 6.79. The first-order valence-electron chi connectivity index (χ1n) is 9.73. The number of nitrogens with zero attached hydrogens (tertiary/aromatic N) is 1. The Morgan fingerprint density at radius 3 is 2.17 bits per heavy atom. The van der Waals surface area contributed by atoms with E-state index in [1.165, 1.54) is 12.1 Å². The van der Waals surface area contributed by atoms with Crippen LogP contribution in [0.3, 0.4) is 0 Å². The van der Waals surface area contributed by atoms with Gasteiger partial charge in [0.25, 0.3) is 0 Å². The number of sulfone groups is 1. The average molecular weight is 418 g/mol. The van der Waals surface area contributed by atoms with E-state index in [1.54, 1.807) is 17.0 Å². The van der Waals surface area contributed by atoms with Gasteiger partial charge in [-0.2, -0.15) is 0 Å². The van der Waals surface area contributed by atoms with E-state index in [2.05, 4.69) is 0 Å². The Balaban J connectivity index is 1.47. The summed E-state index contributed by atoms with van der Waals surface area (Å²) in [5, 5.41) is -0.573. The van der Waals surface area contributed by atoms with Gasteiger partial charge in [-0.1, -0.05) is 30.3 Å². The van der Waals surface area contributed by atoms with Gasteiger partial charge >= 0.3 is 0 Å². The zero-order valence-corrected chi connectivity index (χ0v) is 16.9. The van der Waals surface area contributed by atoms with E-state index in [-0.39, 0.29) is 23.0 Å². The van der Waals surface area contributed by atoms with Gasteiger partial charge in [0.2, 0.25) is 5.91 Å². The molecule has 1 aliphatic heterocycles. The number of piperidine rings is 1. The fraction of sp³-hybridized carbons (Fsp3) is 0.364. The molecule has 0 saturated carbocycles. The van der Waals surface area contributed by atoms with Gasteiger partial charge in [0.1, 0.15) is 5.82 Å². The summed E-state index contributed by atoms with van der Waals surface area (Å²) >= 11 is 0. The van der Waals surface area contributed by atoms with Crippen LogP contribution in [0.4, 0.5) is 4.39 Å². The van der Waals surface area contributed by atoms with Gasteiger partial charge < -0.3 is 4.90 Å². The zero-order valence-electron chi connectivity index (χ0n) is 16.1. The van der Waals surface area contributed by atoms with Crippen molar-refractivity contribution in [3.63, 3.8) is 0 Å². The second-order valence-electron chi connectivity index (χ2n) is 7.22. The summed E-state index contributed by atoms with van der Waals surface area (Å²) < 4.78 is 38.4. The predicted molar refractivity (Wildman–Crippen MR) is 108 cm³/mol. The maximum absolute atomic E-state index is 13.0. The van der Waals surface area contributed by atoms with Crippen molar-refractivity contribution in [1.29, 1.82) is 0 Å². The number of likely N-dealkylation sites (tertiary alicyclic amines) is 1. The number of ketones is 1. The molecule has 0 N–H and O–H groups in total. The largest absolute Gasteiger partial charge is 0.343 e. The molecule has 0 aromatic heterocycles. The number of hydrogen-bond donors (Lipinski definition) is 0. The Bertz CT molecular complexity index is 950. The maximum Gasteiger partial charge on any atom is 0.222 e. The van der Waals surface area contributed by atoms with Crippen molar-refractivity contribution >= 4 is 21.5 Å². The van der Waals surface area contributed by atoms with Crippen LogP contribution in [0, 0.1) is 5.82 Å². The molecule has 0 atom stereocenters. The Morgan fingerprint density at radius 1 is 0.931 bits per heavy atom. The van der Waals surface area contributed by atoms with E-state index in [0.717, 1.165) is 12.1 Å². The number of benzene rings is 2. The van der Waals surface area contributed by atoms with Gasteiger partial charge in [-0.3, -0.25) is 9.59 Å². The molecule has 29 heavy (non-hydrogen) atoms. The van der Waals surface area contributed by atoms with Gasteiger partial charge in [-0.15, -0.1) is 0 Å². The fourth-order valence-electron chi connectivity index (χ4n) is 3.56. The predicted octanol–water partition coefficient (Wildman–Crippen LogP) is 3.64. The minimum atomic E-state index is -3.54. The van der Waals surface area contributed by atoms with E-state index in [9.17, 15) is 22.4 Å². The highest BCUT2D eigenvalue weighted by Crippen LogP contribution is 2.25. The molecule has 7 heteroatoms. The molecular formula is C22H24FNO4S. The molecule has 154 valence electrons. The third-order valence-corrected chi connectivity index (χ3v) is 7.54. The van der Waals surface area contributed by atoms with Gasteiger partial charge in [-0.25, -0.2) is 12.8 Å². The molecule has 2 aromatic carbocycles. The van der Waals surface area contributed by atoms with Gasteiger partial charge in [0.05, 0.1) is 10.1 Å². The first-order chi connectivity index (χ1) is 13.9. The normalized spacial score (nSPS) is 15.3. The lowest BCUT2D eigenvalue weighted by molar-refractivity contribution is -0.132. The van der Waals surface area contributed by atoms with Crippen molar-refractivity contribution in [3.8, 4) is 0 Å². The van der Waals surface area contributed by atoms with E-state index in [4.69, 9.17) is 0 Å². The zero-order chi connectivity index (χ0) is 20.9. The summed E-state index contributed by atoms with van der Waals surface area (Å²) in [4.78, 5) is 26.3. The van der Waals surface area contributed by atoms with E-state index in [0.29, 0.717) is 44.3 Å². The summed E-state index contributed by atoms with van der Waals surface area (Å²) in [6, 6.07) is 13.8. The lowest BCUT2D eigenvalue weighted by Crippen LogP contribution is -2.42. The average Bonchev–Trinajstić information content (AvgIpc) is 2.74. The number of carbonyl (C=O) groups excluding carboxylic acids is 2. The second kappa shape index (κ2) is 9.31. The number of Topliss-reactive ketones (excluding diaryl/α,β-unsaturated/α-hetero) is 1. The monoisotopic (exact) mass is 417 g/mol. The lowest BCUT2D eigenvalue weighted by Gasteiger charge is -2.31. The summed E-state index contributed by atoms with van der Waals surface area (Å²) in [5.41, 5.74) is 0.645. The van der Waals surface area contributed by atoms with Crippen LogP contribution in [0.2, 0.25) is 0 Å². The third kappa shape index (κ3) is 5.29. The highest BCUT2D eigenvalue weighted by molar-refractivity contribution is 7.92. The van der Waals surface area contributed by atoms with Gasteiger partial charge in [0.15, 0.2) is 15.6 Å². The summed E-state index contributed by atoms with van der Waals surface area (Å²) in [6.07, 6.45) is 1.77.